The summed E-state index contributed by atoms with van der Waals surface area (Å²) < 4.78 is 1.77. The number of benzene rings is 1. The van der Waals surface area contributed by atoms with Crippen molar-refractivity contribution in [1.29, 1.82) is 0 Å². The predicted octanol–water partition coefficient (Wildman–Crippen LogP) is 1.52. The predicted molar refractivity (Wildman–Crippen MR) is 67.0 cm³/mol. The fourth-order valence-corrected chi connectivity index (χ4v) is 2.38. The minimum Gasteiger partial charge on any atom is -0.384 e. The monoisotopic (exact) mass is 228 g/mol. The van der Waals surface area contributed by atoms with E-state index >= 15 is 0 Å². The van der Waals surface area contributed by atoms with Gasteiger partial charge in [-0.2, -0.15) is 5.10 Å². The van der Waals surface area contributed by atoms with Crippen molar-refractivity contribution < 1.29 is 0 Å². The quantitative estimate of drug-likeness (QED) is 0.847. The zero-order valence-electron chi connectivity index (χ0n) is 9.93. The summed E-state index contributed by atoms with van der Waals surface area (Å²) in [5.74, 6) is 0.801. The molecule has 0 spiro atoms. The van der Waals surface area contributed by atoms with Crippen molar-refractivity contribution >= 4 is 5.82 Å². The summed E-state index contributed by atoms with van der Waals surface area (Å²) >= 11 is 0. The van der Waals surface area contributed by atoms with Gasteiger partial charge in [-0.15, -0.1) is 0 Å². The summed E-state index contributed by atoms with van der Waals surface area (Å²) in [6, 6.07) is 10.5. The van der Waals surface area contributed by atoms with E-state index in [0.717, 1.165) is 31.1 Å². The summed E-state index contributed by atoms with van der Waals surface area (Å²) in [7, 11) is 1.90. The summed E-state index contributed by atoms with van der Waals surface area (Å²) in [4.78, 5) is 2.36. The average molecular weight is 228 g/mol. The smallest absolute Gasteiger partial charge is 0.126 e. The molecule has 2 N–H and O–H groups in total. The molecule has 1 aliphatic rings. The number of aromatic nitrogens is 2. The molecule has 0 saturated carbocycles. The van der Waals surface area contributed by atoms with E-state index in [1.165, 1.54) is 11.1 Å². The summed E-state index contributed by atoms with van der Waals surface area (Å²) in [6.07, 6.45) is 0. The van der Waals surface area contributed by atoms with Gasteiger partial charge in [0.1, 0.15) is 5.82 Å². The molecule has 0 atom stereocenters. The van der Waals surface area contributed by atoms with Crippen LogP contribution in [0.1, 0.15) is 16.8 Å². The second-order valence-electron chi connectivity index (χ2n) is 4.56. The van der Waals surface area contributed by atoms with Gasteiger partial charge in [0.15, 0.2) is 0 Å². The van der Waals surface area contributed by atoms with E-state index in [1.807, 2.05) is 13.1 Å². The summed E-state index contributed by atoms with van der Waals surface area (Å²) in [5.41, 5.74) is 9.64. The fraction of sp³-hybridized carbons (Fsp3) is 0.308. The molecule has 3 rings (SSSR count). The molecule has 0 unspecified atom stereocenters. The molecule has 0 aliphatic carbocycles. The Morgan fingerprint density at radius 3 is 2.71 bits per heavy atom. The second kappa shape index (κ2) is 3.89. The minimum atomic E-state index is 0.801. The maximum Gasteiger partial charge on any atom is 0.126 e. The van der Waals surface area contributed by atoms with Gasteiger partial charge in [0.25, 0.3) is 0 Å². The highest BCUT2D eigenvalue weighted by molar-refractivity contribution is 5.45. The highest BCUT2D eigenvalue weighted by Crippen LogP contribution is 2.27. The number of hydrogen-bond acceptors (Lipinski definition) is 3. The van der Waals surface area contributed by atoms with Crippen molar-refractivity contribution in [3.8, 4) is 0 Å². The zero-order valence-corrected chi connectivity index (χ0v) is 9.93. The Morgan fingerprint density at radius 1 is 1.24 bits per heavy atom. The third-order valence-corrected chi connectivity index (χ3v) is 3.28. The first-order chi connectivity index (χ1) is 8.24. The van der Waals surface area contributed by atoms with Crippen LogP contribution in [-0.4, -0.2) is 14.7 Å². The molecule has 1 aliphatic heterocycles. The topological polar surface area (TPSA) is 47.1 Å². The molecule has 0 saturated heterocycles. The molecular formula is C13H16N4. The van der Waals surface area contributed by atoms with E-state index < -0.39 is 0 Å². The molecule has 0 radical (unpaired) electrons. The largest absolute Gasteiger partial charge is 0.384 e. The third kappa shape index (κ3) is 1.80. The Hall–Kier alpha value is -1.81. The SMILES string of the molecule is Cn1nc2c(c1N)CN(Cc1ccccc1)C2. The maximum absolute atomic E-state index is 5.98. The molecule has 4 nitrogen and oxygen atoms in total. The molecule has 4 heteroatoms. The van der Waals surface area contributed by atoms with Crippen LogP contribution < -0.4 is 5.73 Å². The van der Waals surface area contributed by atoms with Crippen LogP contribution in [-0.2, 0) is 26.7 Å². The van der Waals surface area contributed by atoms with Gasteiger partial charge >= 0.3 is 0 Å². The van der Waals surface area contributed by atoms with Gasteiger partial charge in [0, 0.05) is 32.2 Å². The number of fused-ring (bicyclic) bond motifs is 1. The van der Waals surface area contributed by atoms with E-state index in [-0.39, 0.29) is 0 Å². The van der Waals surface area contributed by atoms with Crippen molar-refractivity contribution in [2.75, 3.05) is 5.73 Å². The lowest BCUT2D eigenvalue weighted by Gasteiger charge is -2.15. The Labute approximate surface area is 101 Å². The highest BCUT2D eigenvalue weighted by atomic mass is 15.3. The molecular weight excluding hydrogens is 212 g/mol. The van der Waals surface area contributed by atoms with Crippen LogP contribution in [0.2, 0.25) is 0 Å². The number of aryl methyl sites for hydroxylation is 1. The van der Waals surface area contributed by atoms with E-state index in [0.29, 0.717) is 0 Å². The number of anilines is 1. The first kappa shape index (κ1) is 10.4. The van der Waals surface area contributed by atoms with Crippen LogP contribution in [0.3, 0.4) is 0 Å². The molecule has 2 heterocycles. The molecule has 17 heavy (non-hydrogen) atoms. The number of hydrogen-bond donors (Lipinski definition) is 1. The zero-order chi connectivity index (χ0) is 11.8. The molecule has 0 bridgehead atoms. The lowest BCUT2D eigenvalue weighted by molar-refractivity contribution is 0.271. The Morgan fingerprint density at radius 2 is 2.00 bits per heavy atom. The second-order valence-corrected chi connectivity index (χ2v) is 4.56. The van der Waals surface area contributed by atoms with Crippen LogP contribution in [0, 0.1) is 0 Å². The van der Waals surface area contributed by atoms with Crippen LogP contribution >= 0.6 is 0 Å². The van der Waals surface area contributed by atoms with Crippen LogP contribution in [0.5, 0.6) is 0 Å². The Kier molecular flexibility index (Phi) is 2.37. The number of nitrogen functional groups attached to an aromatic ring is 1. The van der Waals surface area contributed by atoms with Crippen molar-refractivity contribution in [2.24, 2.45) is 7.05 Å². The third-order valence-electron chi connectivity index (χ3n) is 3.28. The van der Waals surface area contributed by atoms with Crippen LogP contribution in [0.25, 0.3) is 0 Å². The van der Waals surface area contributed by atoms with E-state index in [4.69, 9.17) is 5.73 Å². The fourth-order valence-electron chi connectivity index (χ4n) is 2.38. The molecule has 0 fully saturated rings. The molecule has 88 valence electrons. The van der Waals surface area contributed by atoms with Gasteiger partial charge in [-0.05, 0) is 5.56 Å². The van der Waals surface area contributed by atoms with Crippen molar-refractivity contribution in [2.45, 2.75) is 19.6 Å². The molecule has 2 aromatic rings. The van der Waals surface area contributed by atoms with E-state index in [2.05, 4.69) is 34.3 Å². The van der Waals surface area contributed by atoms with E-state index in [1.54, 1.807) is 4.68 Å². The Balaban J connectivity index is 1.75. The lowest BCUT2D eigenvalue weighted by atomic mass is 10.2. The van der Waals surface area contributed by atoms with Gasteiger partial charge in [-0.3, -0.25) is 9.58 Å². The number of nitrogens with zero attached hydrogens (tertiary/aromatic N) is 3. The first-order valence-corrected chi connectivity index (χ1v) is 5.80. The van der Waals surface area contributed by atoms with E-state index in [9.17, 15) is 0 Å². The lowest BCUT2D eigenvalue weighted by Crippen LogP contribution is -2.17. The van der Waals surface area contributed by atoms with Crippen molar-refractivity contribution in [3.63, 3.8) is 0 Å². The van der Waals surface area contributed by atoms with Gasteiger partial charge in [0.05, 0.1) is 5.69 Å². The van der Waals surface area contributed by atoms with Gasteiger partial charge < -0.3 is 5.73 Å². The number of nitrogens with two attached hydrogens (primary N) is 1. The standard InChI is InChI=1S/C13H16N4/c1-16-13(14)11-8-17(9-12(11)15-16)7-10-5-3-2-4-6-10/h2-6H,7-9,14H2,1H3. The first-order valence-electron chi connectivity index (χ1n) is 5.80. The van der Waals surface area contributed by atoms with Gasteiger partial charge in [-0.1, -0.05) is 30.3 Å². The highest BCUT2D eigenvalue weighted by Gasteiger charge is 2.25. The van der Waals surface area contributed by atoms with Crippen molar-refractivity contribution in [3.05, 3.63) is 47.2 Å². The van der Waals surface area contributed by atoms with Crippen LogP contribution in [0.4, 0.5) is 5.82 Å². The molecule has 1 aromatic heterocycles. The average Bonchev–Trinajstić information content (AvgIpc) is 2.82. The van der Waals surface area contributed by atoms with Gasteiger partial charge in [-0.25, -0.2) is 0 Å². The molecule has 1 aromatic carbocycles. The summed E-state index contributed by atoms with van der Waals surface area (Å²) in [6.45, 7) is 2.76. The minimum absolute atomic E-state index is 0.801. The van der Waals surface area contributed by atoms with Crippen molar-refractivity contribution in [1.82, 2.24) is 14.7 Å². The maximum atomic E-state index is 5.98. The van der Waals surface area contributed by atoms with Gasteiger partial charge in [0.2, 0.25) is 0 Å². The number of rotatable bonds is 2. The molecule has 0 amide bonds. The summed E-state index contributed by atoms with van der Waals surface area (Å²) in [5, 5.41) is 4.43. The normalized spacial score (nSPS) is 15.1. The van der Waals surface area contributed by atoms with Crippen LogP contribution in [0.15, 0.2) is 30.3 Å². The Bertz CT molecular complexity index is 530.